The molecule has 328 valence electrons. The number of phosphoric ester groups is 1. The van der Waals surface area contributed by atoms with Crippen LogP contribution in [-0.4, -0.2) is 65.7 Å². The molecule has 0 saturated carbocycles. The zero-order valence-corrected chi connectivity index (χ0v) is 36.5. The lowest BCUT2D eigenvalue weighted by Crippen LogP contribution is -2.29. The molecule has 0 aliphatic heterocycles. The fourth-order valence-corrected chi connectivity index (χ4v) is 6.79. The Balaban J connectivity index is 4.28. The second-order valence-corrected chi connectivity index (χ2v) is 16.5. The van der Waals surface area contributed by atoms with E-state index in [2.05, 4.69) is 50.3 Å². The predicted octanol–water partition coefficient (Wildman–Crippen LogP) is 11.9. The number of esters is 2. The molecule has 10 nitrogen and oxygen atoms in total. The predicted molar refractivity (Wildman–Crippen MR) is 228 cm³/mol. The molecule has 0 aliphatic carbocycles. The minimum atomic E-state index is -4.62. The summed E-state index contributed by atoms with van der Waals surface area (Å²) in [6.45, 7) is 2.33. The van der Waals surface area contributed by atoms with E-state index in [4.69, 9.17) is 23.6 Å². The molecule has 0 aromatic rings. The second kappa shape index (κ2) is 41.4. The monoisotopic (exact) mass is 815 g/mol. The van der Waals surface area contributed by atoms with Crippen molar-refractivity contribution in [1.29, 1.82) is 0 Å². The number of rotatable bonds is 42. The summed E-state index contributed by atoms with van der Waals surface area (Å²) < 4.78 is 32.7. The number of aliphatic hydroxyl groups is 2. The van der Waals surface area contributed by atoms with Crippen molar-refractivity contribution in [2.24, 2.45) is 0 Å². The molecule has 0 saturated heterocycles. The third-order valence-corrected chi connectivity index (χ3v) is 10.5. The Kier molecular flexibility index (Phi) is 40.0. The summed E-state index contributed by atoms with van der Waals surface area (Å²) in [5, 5.41) is 18.3. The van der Waals surface area contributed by atoms with Crippen molar-refractivity contribution in [2.75, 3.05) is 26.4 Å². The lowest BCUT2D eigenvalue weighted by Gasteiger charge is -2.20. The molecule has 3 N–H and O–H groups in total. The number of aliphatic hydroxyl groups excluding tert-OH is 2. The van der Waals surface area contributed by atoms with Crippen molar-refractivity contribution in [3.8, 4) is 0 Å². The van der Waals surface area contributed by atoms with E-state index in [0.717, 1.165) is 70.6 Å². The fourth-order valence-electron chi connectivity index (χ4n) is 6.00. The molecule has 0 aromatic heterocycles. The lowest BCUT2D eigenvalue weighted by molar-refractivity contribution is -0.161. The van der Waals surface area contributed by atoms with Crippen LogP contribution in [0.3, 0.4) is 0 Å². The molecular formula is C45H83O10P. The maximum Gasteiger partial charge on any atom is 0.472 e. The largest absolute Gasteiger partial charge is 0.472 e. The molecule has 56 heavy (non-hydrogen) atoms. The van der Waals surface area contributed by atoms with Gasteiger partial charge in [-0.25, -0.2) is 4.57 Å². The fraction of sp³-hybridized carbons (Fsp3) is 0.822. The van der Waals surface area contributed by atoms with Gasteiger partial charge in [-0.05, 0) is 64.2 Å². The van der Waals surface area contributed by atoms with Crippen LogP contribution in [0.15, 0.2) is 36.5 Å². The Bertz CT molecular complexity index is 1030. The molecule has 0 amide bonds. The first-order valence-electron chi connectivity index (χ1n) is 22.4. The van der Waals surface area contributed by atoms with E-state index < -0.39 is 51.8 Å². The van der Waals surface area contributed by atoms with Crippen LogP contribution in [0.4, 0.5) is 0 Å². The van der Waals surface area contributed by atoms with E-state index in [1.54, 1.807) is 0 Å². The Morgan fingerprint density at radius 1 is 0.536 bits per heavy atom. The van der Waals surface area contributed by atoms with Crippen molar-refractivity contribution in [3.63, 3.8) is 0 Å². The molecule has 0 aromatic carbocycles. The Hall–Kier alpha value is -1.81. The first-order valence-corrected chi connectivity index (χ1v) is 23.9. The van der Waals surface area contributed by atoms with Gasteiger partial charge in [0.25, 0.3) is 0 Å². The van der Waals surface area contributed by atoms with E-state index in [1.165, 1.54) is 89.9 Å². The molecule has 1 unspecified atom stereocenters. The van der Waals surface area contributed by atoms with Crippen LogP contribution in [-0.2, 0) is 32.7 Å². The minimum absolute atomic E-state index is 0.177. The molecule has 0 rings (SSSR count). The maximum atomic E-state index is 12.6. The molecular weight excluding hydrogens is 731 g/mol. The maximum absolute atomic E-state index is 12.6. The van der Waals surface area contributed by atoms with E-state index in [-0.39, 0.29) is 19.4 Å². The van der Waals surface area contributed by atoms with Crippen LogP contribution in [0.5, 0.6) is 0 Å². The standard InChI is InChI=1S/C45H83O10P/c1-3-5-7-9-11-13-15-17-19-20-21-22-23-25-27-29-31-33-35-37-45(49)55-43(41-54-56(50,51)53-39-42(47)38-46)40-52-44(48)36-34-32-30-28-26-24-18-16-14-12-10-8-6-4-2/h10,12,16,18,20-21,42-43,46-47H,3-9,11,13-15,17,19,22-41H2,1-2H3,(H,50,51)/b12-10-,18-16-,21-20-/t42-,43+/m0/s1. The number of unbranched alkanes of at least 4 members (excludes halogenated alkanes) is 22. The highest BCUT2D eigenvalue weighted by Gasteiger charge is 2.27. The topological polar surface area (TPSA) is 149 Å². The SMILES string of the molecule is CCCC/C=C\C/C=C\CCCCCCCC(=O)OC[C@H](COP(=O)(O)OC[C@@H](O)CO)OC(=O)CCCCCCCCC/C=C\CCCCCCCCCC. The van der Waals surface area contributed by atoms with E-state index in [1.807, 2.05) is 0 Å². The van der Waals surface area contributed by atoms with E-state index in [0.29, 0.717) is 12.8 Å². The number of allylic oxidation sites excluding steroid dienone is 6. The highest BCUT2D eigenvalue weighted by molar-refractivity contribution is 7.47. The van der Waals surface area contributed by atoms with Crippen LogP contribution in [0.25, 0.3) is 0 Å². The van der Waals surface area contributed by atoms with Gasteiger partial charge in [0, 0.05) is 12.8 Å². The average Bonchev–Trinajstić information content (AvgIpc) is 3.19. The molecule has 11 heteroatoms. The van der Waals surface area contributed by atoms with E-state index >= 15 is 0 Å². The lowest BCUT2D eigenvalue weighted by atomic mass is 10.1. The van der Waals surface area contributed by atoms with Crippen molar-refractivity contribution >= 4 is 19.8 Å². The summed E-state index contributed by atoms with van der Waals surface area (Å²) in [4.78, 5) is 35.0. The van der Waals surface area contributed by atoms with Crippen LogP contribution in [0.2, 0.25) is 0 Å². The summed E-state index contributed by atoms with van der Waals surface area (Å²) in [5.74, 6) is -0.943. The molecule has 0 fully saturated rings. The quantitative estimate of drug-likeness (QED) is 0.0235. The van der Waals surface area contributed by atoms with Gasteiger partial charge >= 0.3 is 19.8 Å². The number of carbonyl (C=O) groups is 2. The zero-order chi connectivity index (χ0) is 41.2. The van der Waals surface area contributed by atoms with E-state index in [9.17, 15) is 24.2 Å². The summed E-state index contributed by atoms with van der Waals surface area (Å²) >= 11 is 0. The number of ether oxygens (including phenoxy) is 2. The first-order chi connectivity index (χ1) is 27.2. The number of phosphoric acid groups is 1. The Morgan fingerprint density at radius 2 is 0.946 bits per heavy atom. The Labute approximate surface area is 341 Å². The van der Waals surface area contributed by atoms with Gasteiger partial charge in [-0.2, -0.15) is 0 Å². The van der Waals surface area contributed by atoms with Crippen molar-refractivity contribution in [1.82, 2.24) is 0 Å². The van der Waals surface area contributed by atoms with Gasteiger partial charge in [-0.15, -0.1) is 0 Å². The summed E-state index contributed by atoms with van der Waals surface area (Å²) in [5.41, 5.74) is 0. The first kappa shape index (κ1) is 54.2. The minimum Gasteiger partial charge on any atom is -0.462 e. The average molecular weight is 815 g/mol. The van der Waals surface area contributed by atoms with Gasteiger partial charge in [-0.3, -0.25) is 18.6 Å². The number of hydrogen-bond acceptors (Lipinski definition) is 9. The third kappa shape index (κ3) is 40.4. The number of hydrogen-bond donors (Lipinski definition) is 3. The van der Waals surface area contributed by atoms with Gasteiger partial charge in [0.15, 0.2) is 6.10 Å². The second-order valence-electron chi connectivity index (χ2n) is 15.1. The van der Waals surface area contributed by atoms with Gasteiger partial charge < -0.3 is 24.6 Å². The molecule has 0 spiro atoms. The van der Waals surface area contributed by atoms with Gasteiger partial charge in [0.1, 0.15) is 12.7 Å². The van der Waals surface area contributed by atoms with Crippen LogP contribution >= 0.6 is 7.82 Å². The molecule has 0 heterocycles. The zero-order valence-electron chi connectivity index (χ0n) is 35.6. The molecule has 0 radical (unpaired) electrons. The normalized spacial score (nSPS) is 14.2. The molecule has 0 bridgehead atoms. The van der Waals surface area contributed by atoms with Crippen LogP contribution in [0, 0.1) is 0 Å². The van der Waals surface area contributed by atoms with Crippen molar-refractivity contribution in [2.45, 2.75) is 212 Å². The summed E-state index contributed by atoms with van der Waals surface area (Å²) in [6.07, 6.45) is 42.5. The third-order valence-electron chi connectivity index (χ3n) is 9.52. The summed E-state index contributed by atoms with van der Waals surface area (Å²) in [6, 6.07) is 0. The van der Waals surface area contributed by atoms with Gasteiger partial charge in [0.05, 0.1) is 19.8 Å². The van der Waals surface area contributed by atoms with Crippen LogP contribution in [0.1, 0.15) is 200 Å². The summed E-state index contributed by atoms with van der Waals surface area (Å²) in [7, 11) is -4.62. The van der Waals surface area contributed by atoms with Crippen molar-refractivity contribution in [3.05, 3.63) is 36.5 Å². The molecule has 0 aliphatic rings. The highest BCUT2D eigenvalue weighted by Crippen LogP contribution is 2.43. The van der Waals surface area contributed by atoms with Crippen molar-refractivity contribution < 1.29 is 47.8 Å². The number of carbonyl (C=O) groups excluding carboxylic acids is 2. The smallest absolute Gasteiger partial charge is 0.462 e. The van der Waals surface area contributed by atoms with Crippen LogP contribution < -0.4 is 0 Å². The van der Waals surface area contributed by atoms with Gasteiger partial charge in [0.2, 0.25) is 0 Å². The molecule has 3 atom stereocenters. The highest BCUT2D eigenvalue weighted by atomic mass is 31.2. The Morgan fingerprint density at radius 3 is 1.45 bits per heavy atom. The van der Waals surface area contributed by atoms with Gasteiger partial charge in [-0.1, -0.05) is 159 Å².